The second-order valence-corrected chi connectivity index (χ2v) is 8.94. The molecule has 4 heterocycles. The van der Waals surface area contributed by atoms with E-state index in [1.165, 1.54) is 22.9 Å². The number of fused-ring (bicyclic) bond motifs is 1. The number of likely N-dealkylation sites (tertiary alicyclic amines) is 1. The van der Waals surface area contributed by atoms with E-state index in [1.807, 2.05) is 24.3 Å². The molecule has 0 spiro atoms. The lowest BCUT2D eigenvalue weighted by atomic mass is 10.1. The van der Waals surface area contributed by atoms with Gasteiger partial charge in [0.05, 0.1) is 29.7 Å². The van der Waals surface area contributed by atoms with Crippen LogP contribution in [-0.2, 0) is 7.05 Å². The van der Waals surface area contributed by atoms with Gasteiger partial charge in [0.2, 0.25) is 0 Å². The summed E-state index contributed by atoms with van der Waals surface area (Å²) in [4.78, 5) is 30.5. The monoisotopic (exact) mass is 483 g/mol. The predicted octanol–water partition coefficient (Wildman–Crippen LogP) is 3.63. The van der Waals surface area contributed by atoms with E-state index in [0.717, 1.165) is 18.4 Å². The fourth-order valence-electron chi connectivity index (χ4n) is 4.77. The number of carbonyl (C=O) groups is 1. The Morgan fingerprint density at radius 2 is 1.94 bits per heavy atom. The topological polar surface area (TPSA) is 102 Å². The van der Waals surface area contributed by atoms with E-state index < -0.39 is 0 Å². The first-order chi connectivity index (χ1) is 17.5. The number of benzene rings is 2. The number of pyridine rings is 1. The molecule has 0 bridgehead atoms. The van der Waals surface area contributed by atoms with Gasteiger partial charge in [0.1, 0.15) is 11.5 Å². The minimum absolute atomic E-state index is 0.0253. The third-order valence-corrected chi connectivity index (χ3v) is 6.58. The third-order valence-electron chi connectivity index (χ3n) is 6.58. The van der Waals surface area contributed by atoms with Gasteiger partial charge in [-0.1, -0.05) is 5.21 Å². The number of aryl methyl sites for hydroxylation is 1. The summed E-state index contributed by atoms with van der Waals surface area (Å²) in [6.07, 6.45) is 7.27. The van der Waals surface area contributed by atoms with Gasteiger partial charge in [0.15, 0.2) is 0 Å². The Kier molecular flexibility index (Phi) is 5.21. The maximum atomic E-state index is 13.6. The van der Waals surface area contributed by atoms with Crippen molar-refractivity contribution in [3.05, 3.63) is 94.4 Å². The van der Waals surface area contributed by atoms with E-state index in [0.29, 0.717) is 40.0 Å². The maximum Gasteiger partial charge on any atom is 0.258 e. The lowest BCUT2D eigenvalue weighted by Crippen LogP contribution is -2.30. The highest BCUT2D eigenvalue weighted by Crippen LogP contribution is 2.33. The van der Waals surface area contributed by atoms with Gasteiger partial charge in [-0.25, -0.2) is 9.07 Å². The fourth-order valence-corrected chi connectivity index (χ4v) is 4.77. The van der Waals surface area contributed by atoms with Crippen LogP contribution in [-0.4, -0.2) is 47.1 Å². The van der Waals surface area contributed by atoms with E-state index in [9.17, 15) is 14.0 Å². The summed E-state index contributed by atoms with van der Waals surface area (Å²) in [5, 5.41) is 13.1. The Morgan fingerprint density at radius 1 is 1.11 bits per heavy atom. The molecule has 6 rings (SSSR count). The molecule has 1 saturated heterocycles. The van der Waals surface area contributed by atoms with Crippen LogP contribution in [0.15, 0.2) is 71.9 Å². The average molecular weight is 484 g/mol. The van der Waals surface area contributed by atoms with Gasteiger partial charge in [0, 0.05) is 41.8 Å². The van der Waals surface area contributed by atoms with Gasteiger partial charge in [-0.15, -0.1) is 5.10 Å². The Bertz CT molecular complexity index is 1650. The summed E-state index contributed by atoms with van der Waals surface area (Å²) >= 11 is 0. The molecule has 5 aromatic rings. The minimum Gasteiger partial charge on any atom is -0.331 e. The summed E-state index contributed by atoms with van der Waals surface area (Å²) in [5.41, 5.74) is 3.18. The summed E-state index contributed by atoms with van der Waals surface area (Å²) in [6, 6.07) is 12.9. The molecule has 1 aliphatic heterocycles. The molecule has 1 atom stereocenters. The van der Waals surface area contributed by atoms with Crippen molar-refractivity contribution < 1.29 is 9.18 Å². The van der Waals surface area contributed by atoms with Gasteiger partial charge >= 0.3 is 0 Å². The quantitative estimate of drug-likeness (QED) is 0.421. The van der Waals surface area contributed by atoms with Crippen molar-refractivity contribution in [1.82, 2.24) is 34.7 Å². The molecule has 1 unspecified atom stereocenters. The summed E-state index contributed by atoms with van der Waals surface area (Å²) < 4.78 is 16.9. The first-order valence-corrected chi connectivity index (χ1v) is 11.6. The summed E-state index contributed by atoms with van der Waals surface area (Å²) in [7, 11) is 1.87. The largest absolute Gasteiger partial charge is 0.331 e. The highest BCUT2D eigenvalue weighted by Gasteiger charge is 2.31. The molecule has 1 amide bonds. The zero-order chi connectivity index (χ0) is 24.8. The van der Waals surface area contributed by atoms with Crippen molar-refractivity contribution in [2.24, 2.45) is 7.05 Å². The molecule has 9 nitrogen and oxygen atoms in total. The molecule has 1 aliphatic rings. The predicted molar refractivity (Wildman–Crippen MR) is 131 cm³/mol. The number of aromatic amines is 1. The van der Waals surface area contributed by atoms with Crippen LogP contribution >= 0.6 is 0 Å². The average Bonchev–Trinajstić information content (AvgIpc) is 3.64. The SMILES string of the molecule is Cn1cc(C2CCCN2C(=O)c2ccc(-n3cc(-c4cc5cc(F)ccc5[nH]c4=O)nn3)cc2)cn1. The van der Waals surface area contributed by atoms with E-state index in [1.54, 1.807) is 41.2 Å². The summed E-state index contributed by atoms with van der Waals surface area (Å²) in [5.74, 6) is -0.415. The minimum atomic E-state index is -0.389. The normalized spacial score (nSPS) is 15.6. The standard InChI is InChI=1S/C26H22FN7O2/c1-32-14-18(13-28-32)24-3-2-10-33(24)26(36)16-4-7-20(8-5-16)34-15-23(30-31-34)21-12-17-11-19(27)6-9-22(17)29-25(21)35/h4-9,11-15,24H,2-3,10H2,1H3,(H,29,35). The molecule has 0 aliphatic carbocycles. The number of carbonyl (C=O) groups excluding carboxylic acids is 1. The third kappa shape index (κ3) is 3.86. The van der Waals surface area contributed by atoms with E-state index >= 15 is 0 Å². The first-order valence-electron chi connectivity index (χ1n) is 11.6. The van der Waals surface area contributed by atoms with Crippen LogP contribution in [0.2, 0.25) is 0 Å². The fraction of sp³-hybridized carbons (Fsp3) is 0.192. The lowest BCUT2D eigenvalue weighted by molar-refractivity contribution is 0.0735. The number of halogens is 1. The molecular formula is C26H22FN7O2. The van der Waals surface area contributed by atoms with Crippen LogP contribution in [0.3, 0.4) is 0 Å². The first kappa shape index (κ1) is 21.9. The molecule has 180 valence electrons. The van der Waals surface area contributed by atoms with Crippen molar-refractivity contribution in [3.8, 4) is 16.9 Å². The van der Waals surface area contributed by atoms with E-state index in [-0.39, 0.29) is 23.3 Å². The van der Waals surface area contributed by atoms with Gasteiger partial charge in [0.25, 0.3) is 11.5 Å². The zero-order valence-corrected chi connectivity index (χ0v) is 19.4. The second-order valence-electron chi connectivity index (χ2n) is 8.94. The lowest BCUT2D eigenvalue weighted by Gasteiger charge is -2.24. The Morgan fingerprint density at radius 3 is 2.72 bits per heavy atom. The maximum absolute atomic E-state index is 13.6. The number of amides is 1. The highest BCUT2D eigenvalue weighted by molar-refractivity contribution is 5.95. The Labute approximate surface area is 204 Å². The molecule has 10 heteroatoms. The molecule has 1 N–H and O–H groups in total. The van der Waals surface area contributed by atoms with E-state index in [4.69, 9.17) is 0 Å². The number of hydrogen-bond acceptors (Lipinski definition) is 5. The van der Waals surface area contributed by atoms with Crippen molar-refractivity contribution in [2.45, 2.75) is 18.9 Å². The van der Waals surface area contributed by atoms with Crippen LogP contribution < -0.4 is 5.56 Å². The van der Waals surface area contributed by atoms with Gasteiger partial charge in [-0.05, 0) is 61.4 Å². The molecule has 0 radical (unpaired) electrons. The van der Waals surface area contributed by atoms with Gasteiger partial charge < -0.3 is 9.88 Å². The molecule has 0 saturated carbocycles. The highest BCUT2D eigenvalue weighted by atomic mass is 19.1. The van der Waals surface area contributed by atoms with Crippen LogP contribution in [0.5, 0.6) is 0 Å². The van der Waals surface area contributed by atoms with Crippen LogP contribution in [0.1, 0.15) is 34.8 Å². The van der Waals surface area contributed by atoms with Crippen molar-refractivity contribution >= 4 is 16.8 Å². The summed E-state index contributed by atoms with van der Waals surface area (Å²) in [6.45, 7) is 0.705. The second kappa shape index (κ2) is 8.56. The molecule has 36 heavy (non-hydrogen) atoms. The molecule has 3 aromatic heterocycles. The zero-order valence-electron chi connectivity index (χ0n) is 19.4. The molecule has 2 aromatic carbocycles. The Balaban J connectivity index is 1.24. The number of H-pyrrole nitrogens is 1. The number of nitrogens with zero attached hydrogens (tertiary/aromatic N) is 6. The Hall–Kier alpha value is -4.60. The van der Waals surface area contributed by atoms with Crippen LogP contribution in [0, 0.1) is 5.82 Å². The van der Waals surface area contributed by atoms with E-state index in [2.05, 4.69) is 20.4 Å². The molecular weight excluding hydrogens is 461 g/mol. The number of rotatable bonds is 4. The number of hydrogen-bond donors (Lipinski definition) is 1. The van der Waals surface area contributed by atoms with Crippen molar-refractivity contribution in [2.75, 3.05) is 6.54 Å². The van der Waals surface area contributed by atoms with Gasteiger partial charge in [-0.2, -0.15) is 5.10 Å². The van der Waals surface area contributed by atoms with Gasteiger partial charge in [-0.3, -0.25) is 14.3 Å². The van der Waals surface area contributed by atoms with Crippen molar-refractivity contribution in [3.63, 3.8) is 0 Å². The van der Waals surface area contributed by atoms with Crippen LogP contribution in [0.25, 0.3) is 27.8 Å². The number of aromatic nitrogens is 6. The number of nitrogens with one attached hydrogen (secondary N) is 1. The van der Waals surface area contributed by atoms with Crippen molar-refractivity contribution in [1.29, 1.82) is 0 Å². The molecule has 1 fully saturated rings. The smallest absolute Gasteiger partial charge is 0.258 e. The van der Waals surface area contributed by atoms with Crippen LogP contribution in [0.4, 0.5) is 4.39 Å².